The van der Waals surface area contributed by atoms with E-state index in [4.69, 9.17) is 5.73 Å². The van der Waals surface area contributed by atoms with E-state index >= 15 is 0 Å². The highest BCUT2D eigenvalue weighted by atomic mass is 15.2. The highest BCUT2D eigenvalue weighted by Gasteiger charge is 2.28. The lowest BCUT2D eigenvalue weighted by molar-refractivity contribution is 0.135. The van der Waals surface area contributed by atoms with Gasteiger partial charge in [-0.2, -0.15) is 0 Å². The fourth-order valence-electron chi connectivity index (χ4n) is 3.04. The Morgan fingerprint density at radius 2 is 1.76 bits per heavy atom. The van der Waals surface area contributed by atoms with E-state index in [9.17, 15) is 0 Å². The Bertz CT molecular complexity index is 188. The first-order valence-corrected chi connectivity index (χ1v) is 7.27. The van der Waals surface area contributed by atoms with E-state index in [-0.39, 0.29) is 0 Å². The molecular weight excluding hydrogens is 210 g/mol. The zero-order chi connectivity index (χ0) is 12.7. The summed E-state index contributed by atoms with van der Waals surface area (Å²) in [5, 5.41) is 0. The molecule has 2 N–H and O–H groups in total. The molecular formula is C14H31N3. The second kappa shape index (κ2) is 8.06. The molecule has 0 bridgehead atoms. The lowest BCUT2D eigenvalue weighted by Gasteiger charge is -2.35. The molecule has 0 saturated heterocycles. The smallest absolute Gasteiger partial charge is 0.0247 e. The number of hydrogen-bond donors (Lipinski definition) is 1. The average molecular weight is 241 g/mol. The van der Waals surface area contributed by atoms with Crippen LogP contribution in [0.3, 0.4) is 0 Å². The van der Waals surface area contributed by atoms with Crippen molar-refractivity contribution < 1.29 is 0 Å². The van der Waals surface area contributed by atoms with Gasteiger partial charge in [0.15, 0.2) is 0 Å². The molecule has 0 aromatic carbocycles. The molecule has 1 aliphatic rings. The second-order valence-corrected chi connectivity index (χ2v) is 5.69. The third-order valence-corrected chi connectivity index (χ3v) is 4.00. The van der Waals surface area contributed by atoms with E-state index in [0.29, 0.717) is 6.04 Å². The minimum atomic E-state index is 0.623. The summed E-state index contributed by atoms with van der Waals surface area (Å²) in [7, 11) is 4.30. The summed E-state index contributed by atoms with van der Waals surface area (Å²) < 4.78 is 0. The molecule has 1 fully saturated rings. The molecule has 0 aliphatic heterocycles. The van der Waals surface area contributed by atoms with Crippen LogP contribution in [0.25, 0.3) is 0 Å². The molecule has 0 spiro atoms. The van der Waals surface area contributed by atoms with Crippen molar-refractivity contribution in [2.75, 3.05) is 40.3 Å². The minimum absolute atomic E-state index is 0.623. The Morgan fingerprint density at radius 3 is 2.24 bits per heavy atom. The summed E-state index contributed by atoms with van der Waals surface area (Å²) in [6, 6.07) is 0.623. The van der Waals surface area contributed by atoms with Crippen molar-refractivity contribution in [1.29, 1.82) is 0 Å². The van der Waals surface area contributed by atoms with Crippen molar-refractivity contribution in [1.82, 2.24) is 9.80 Å². The maximum Gasteiger partial charge on any atom is 0.0247 e. The summed E-state index contributed by atoms with van der Waals surface area (Å²) in [5.74, 6) is 0.855. The van der Waals surface area contributed by atoms with Gasteiger partial charge in [-0.25, -0.2) is 0 Å². The Kier molecular flexibility index (Phi) is 7.09. The van der Waals surface area contributed by atoms with Gasteiger partial charge in [-0.15, -0.1) is 0 Å². The van der Waals surface area contributed by atoms with E-state index in [0.717, 1.165) is 19.0 Å². The van der Waals surface area contributed by atoms with Gasteiger partial charge in [0.2, 0.25) is 0 Å². The van der Waals surface area contributed by atoms with Gasteiger partial charge >= 0.3 is 0 Å². The molecule has 0 radical (unpaired) electrons. The molecule has 1 aliphatic carbocycles. The SMILES string of the molecule is CCCN(CCN(C)C)C(CN)C1CCCC1. The molecule has 1 rings (SSSR count). The minimum Gasteiger partial charge on any atom is -0.329 e. The number of nitrogens with zero attached hydrogens (tertiary/aromatic N) is 2. The molecule has 0 aromatic heterocycles. The van der Waals surface area contributed by atoms with Gasteiger partial charge in [0.1, 0.15) is 0 Å². The third-order valence-electron chi connectivity index (χ3n) is 4.00. The Labute approximate surface area is 107 Å². The second-order valence-electron chi connectivity index (χ2n) is 5.69. The van der Waals surface area contributed by atoms with Gasteiger partial charge in [-0.3, -0.25) is 4.90 Å². The number of rotatable bonds is 8. The zero-order valence-electron chi connectivity index (χ0n) is 12.0. The van der Waals surface area contributed by atoms with Crippen molar-refractivity contribution in [3.05, 3.63) is 0 Å². The molecule has 1 unspecified atom stereocenters. The summed E-state index contributed by atoms with van der Waals surface area (Å²) >= 11 is 0. The lowest BCUT2D eigenvalue weighted by Crippen LogP contribution is -2.47. The fourth-order valence-corrected chi connectivity index (χ4v) is 3.04. The van der Waals surface area contributed by atoms with Gasteiger partial charge in [0.25, 0.3) is 0 Å². The van der Waals surface area contributed by atoms with Crippen LogP contribution in [0.4, 0.5) is 0 Å². The Morgan fingerprint density at radius 1 is 1.12 bits per heavy atom. The monoisotopic (exact) mass is 241 g/mol. The average Bonchev–Trinajstić information content (AvgIpc) is 2.80. The lowest BCUT2D eigenvalue weighted by atomic mass is 9.96. The topological polar surface area (TPSA) is 32.5 Å². The molecule has 1 atom stereocenters. The molecule has 0 amide bonds. The highest BCUT2D eigenvalue weighted by Crippen LogP contribution is 2.30. The summed E-state index contributed by atoms with van der Waals surface area (Å²) in [6.45, 7) is 6.61. The van der Waals surface area contributed by atoms with E-state index in [1.54, 1.807) is 0 Å². The number of likely N-dealkylation sites (N-methyl/N-ethyl adjacent to an activating group) is 1. The van der Waals surface area contributed by atoms with Crippen molar-refractivity contribution in [3.8, 4) is 0 Å². The van der Waals surface area contributed by atoms with Crippen molar-refractivity contribution >= 4 is 0 Å². The molecule has 1 saturated carbocycles. The molecule has 3 nitrogen and oxygen atoms in total. The fraction of sp³-hybridized carbons (Fsp3) is 1.00. The number of hydrogen-bond acceptors (Lipinski definition) is 3. The maximum atomic E-state index is 6.03. The normalized spacial score (nSPS) is 19.4. The highest BCUT2D eigenvalue weighted by molar-refractivity contribution is 4.84. The standard InChI is InChI=1S/C14H31N3/c1-4-9-17(11-10-16(2)3)14(12-15)13-7-5-6-8-13/h13-14H,4-12,15H2,1-3H3. The van der Waals surface area contributed by atoms with Crippen LogP contribution in [0.15, 0.2) is 0 Å². The zero-order valence-corrected chi connectivity index (χ0v) is 12.0. The summed E-state index contributed by atoms with van der Waals surface area (Å²) in [6.07, 6.45) is 6.84. The summed E-state index contributed by atoms with van der Waals surface area (Å²) in [5.41, 5.74) is 6.03. The largest absolute Gasteiger partial charge is 0.329 e. The van der Waals surface area contributed by atoms with Crippen molar-refractivity contribution in [2.24, 2.45) is 11.7 Å². The quantitative estimate of drug-likeness (QED) is 0.703. The van der Waals surface area contributed by atoms with Gasteiger partial charge in [0, 0.05) is 25.7 Å². The van der Waals surface area contributed by atoms with Crippen LogP contribution < -0.4 is 5.73 Å². The van der Waals surface area contributed by atoms with Crippen LogP contribution in [0.1, 0.15) is 39.0 Å². The van der Waals surface area contributed by atoms with Crippen LogP contribution >= 0.6 is 0 Å². The molecule has 17 heavy (non-hydrogen) atoms. The molecule has 0 aromatic rings. The first-order valence-electron chi connectivity index (χ1n) is 7.27. The van der Waals surface area contributed by atoms with Gasteiger partial charge in [0.05, 0.1) is 0 Å². The van der Waals surface area contributed by atoms with E-state index in [1.165, 1.54) is 45.2 Å². The molecule has 3 heteroatoms. The van der Waals surface area contributed by atoms with Gasteiger partial charge in [-0.05, 0) is 45.8 Å². The Balaban J connectivity index is 2.51. The van der Waals surface area contributed by atoms with Crippen LogP contribution in [0.5, 0.6) is 0 Å². The van der Waals surface area contributed by atoms with Crippen LogP contribution in [-0.4, -0.2) is 56.1 Å². The van der Waals surface area contributed by atoms with E-state index in [2.05, 4.69) is 30.8 Å². The third kappa shape index (κ3) is 4.94. The molecule has 0 heterocycles. The predicted molar refractivity (Wildman–Crippen MR) is 75.2 cm³/mol. The van der Waals surface area contributed by atoms with Gasteiger partial charge < -0.3 is 10.6 Å². The van der Waals surface area contributed by atoms with Crippen LogP contribution in [-0.2, 0) is 0 Å². The number of nitrogens with two attached hydrogens (primary N) is 1. The van der Waals surface area contributed by atoms with Crippen molar-refractivity contribution in [3.63, 3.8) is 0 Å². The summed E-state index contributed by atoms with van der Waals surface area (Å²) in [4.78, 5) is 4.90. The maximum absolute atomic E-state index is 6.03. The van der Waals surface area contributed by atoms with E-state index < -0.39 is 0 Å². The first kappa shape index (κ1) is 14.9. The van der Waals surface area contributed by atoms with E-state index in [1.807, 2.05) is 0 Å². The van der Waals surface area contributed by atoms with Gasteiger partial charge in [-0.1, -0.05) is 19.8 Å². The van der Waals surface area contributed by atoms with Crippen LogP contribution in [0.2, 0.25) is 0 Å². The first-order chi connectivity index (χ1) is 8.19. The van der Waals surface area contributed by atoms with Crippen molar-refractivity contribution in [2.45, 2.75) is 45.1 Å². The molecule has 102 valence electrons. The Hall–Kier alpha value is -0.120. The van der Waals surface area contributed by atoms with Crippen LogP contribution in [0, 0.1) is 5.92 Å². The predicted octanol–water partition coefficient (Wildman–Crippen LogP) is 1.78.